The lowest BCUT2D eigenvalue weighted by Crippen LogP contribution is -2.15. The topological polar surface area (TPSA) is 12.0 Å². The molecule has 1 N–H and O–H groups in total. The summed E-state index contributed by atoms with van der Waals surface area (Å²) in [5.41, 5.74) is 0. The molecule has 0 unspecified atom stereocenters. The molecule has 1 aliphatic carbocycles. The number of hydrogen-bond acceptors (Lipinski definition) is 1. The van der Waals surface area contributed by atoms with Crippen LogP contribution in [0.3, 0.4) is 0 Å². The first-order chi connectivity index (χ1) is 7.43. The van der Waals surface area contributed by atoms with Gasteiger partial charge in [0.25, 0.3) is 0 Å². The van der Waals surface area contributed by atoms with E-state index in [1.807, 2.05) is 0 Å². The van der Waals surface area contributed by atoms with Crippen molar-refractivity contribution in [3.63, 3.8) is 0 Å². The van der Waals surface area contributed by atoms with E-state index in [4.69, 9.17) is 0 Å². The quantitative estimate of drug-likeness (QED) is 0.674. The zero-order valence-electron chi connectivity index (χ0n) is 10.6. The Hall–Kier alpha value is -0.0400. The van der Waals surface area contributed by atoms with E-state index in [-0.39, 0.29) is 0 Å². The van der Waals surface area contributed by atoms with Crippen LogP contribution < -0.4 is 5.32 Å². The van der Waals surface area contributed by atoms with Crippen LogP contribution in [0.5, 0.6) is 0 Å². The third-order valence-electron chi connectivity index (χ3n) is 3.69. The molecule has 90 valence electrons. The molecule has 0 spiro atoms. The summed E-state index contributed by atoms with van der Waals surface area (Å²) < 4.78 is 0. The van der Waals surface area contributed by atoms with Crippen molar-refractivity contribution in [2.24, 2.45) is 5.92 Å². The molecule has 0 aromatic carbocycles. The van der Waals surface area contributed by atoms with Gasteiger partial charge in [-0.15, -0.1) is 0 Å². The van der Waals surface area contributed by atoms with Crippen molar-refractivity contribution in [3.05, 3.63) is 0 Å². The highest BCUT2D eigenvalue weighted by atomic mass is 14.8. The first-order valence-corrected chi connectivity index (χ1v) is 7.14. The van der Waals surface area contributed by atoms with Gasteiger partial charge in [0.2, 0.25) is 0 Å². The van der Waals surface area contributed by atoms with Crippen LogP contribution in [-0.4, -0.2) is 13.1 Å². The van der Waals surface area contributed by atoms with Crippen molar-refractivity contribution in [2.45, 2.75) is 71.1 Å². The van der Waals surface area contributed by atoms with E-state index in [1.165, 1.54) is 70.8 Å². The van der Waals surface area contributed by atoms with Crippen LogP contribution in [0, 0.1) is 5.92 Å². The summed E-state index contributed by atoms with van der Waals surface area (Å²) in [6, 6.07) is 0. The molecule has 1 nitrogen and oxygen atoms in total. The van der Waals surface area contributed by atoms with Crippen molar-refractivity contribution in [1.29, 1.82) is 0 Å². The van der Waals surface area contributed by atoms with Gasteiger partial charge in [-0.05, 0) is 31.8 Å². The van der Waals surface area contributed by atoms with Gasteiger partial charge in [0.15, 0.2) is 0 Å². The zero-order chi connectivity index (χ0) is 10.8. The normalized spacial score (nSPS) is 20.6. The summed E-state index contributed by atoms with van der Waals surface area (Å²) in [6.45, 7) is 4.55. The Morgan fingerprint density at radius 3 is 2.13 bits per heavy atom. The van der Waals surface area contributed by atoms with Crippen molar-refractivity contribution in [2.75, 3.05) is 13.1 Å². The molecular weight excluding hydrogens is 182 g/mol. The second-order valence-corrected chi connectivity index (χ2v) is 5.06. The highest BCUT2D eigenvalue weighted by Crippen LogP contribution is 2.24. The van der Waals surface area contributed by atoms with Crippen molar-refractivity contribution >= 4 is 0 Å². The van der Waals surface area contributed by atoms with Gasteiger partial charge in [-0.1, -0.05) is 58.3 Å². The lowest BCUT2D eigenvalue weighted by atomic mass is 9.92. The predicted octanol–water partition coefficient (Wildman–Crippen LogP) is 4.13. The average molecular weight is 211 g/mol. The molecule has 0 aromatic rings. The standard InChI is InChI=1S/C14H29N/c1-2-15-13-9-12-14-10-7-5-3-4-6-8-11-14/h14-15H,2-13H2,1H3. The molecule has 1 fully saturated rings. The highest BCUT2D eigenvalue weighted by molar-refractivity contribution is 4.64. The van der Waals surface area contributed by atoms with Gasteiger partial charge in [-0.3, -0.25) is 0 Å². The fourth-order valence-electron chi connectivity index (χ4n) is 2.70. The molecule has 0 amide bonds. The Morgan fingerprint density at radius 2 is 1.53 bits per heavy atom. The van der Waals surface area contributed by atoms with Crippen LogP contribution in [-0.2, 0) is 0 Å². The maximum atomic E-state index is 3.43. The van der Waals surface area contributed by atoms with Crippen LogP contribution in [0.2, 0.25) is 0 Å². The van der Waals surface area contributed by atoms with Crippen molar-refractivity contribution < 1.29 is 0 Å². The number of nitrogens with one attached hydrogen (secondary N) is 1. The maximum Gasteiger partial charge on any atom is -0.00489 e. The Bertz CT molecular complexity index is 123. The molecule has 1 rings (SSSR count). The van der Waals surface area contributed by atoms with E-state index in [0.717, 1.165) is 12.5 Å². The lowest BCUT2D eigenvalue weighted by Gasteiger charge is -2.15. The summed E-state index contributed by atoms with van der Waals surface area (Å²) >= 11 is 0. The third-order valence-corrected chi connectivity index (χ3v) is 3.69. The average Bonchev–Trinajstić information content (AvgIpc) is 2.38. The van der Waals surface area contributed by atoms with E-state index in [9.17, 15) is 0 Å². The molecular formula is C14H29N. The monoisotopic (exact) mass is 211 g/mol. The summed E-state index contributed by atoms with van der Waals surface area (Å²) in [6.07, 6.45) is 14.8. The van der Waals surface area contributed by atoms with Crippen LogP contribution in [0.25, 0.3) is 0 Å². The molecule has 1 heteroatoms. The van der Waals surface area contributed by atoms with E-state index >= 15 is 0 Å². The second kappa shape index (κ2) is 9.21. The molecule has 0 bridgehead atoms. The van der Waals surface area contributed by atoms with Crippen LogP contribution in [0.15, 0.2) is 0 Å². The Labute approximate surface area is 96.0 Å². The second-order valence-electron chi connectivity index (χ2n) is 5.06. The smallest absolute Gasteiger partial charge is 0.00489 e. The lowest BCUT2D eigenvalue weighted by molar-refractivity contribution is 0.387. The largest absolute Gasteiger partial charge is 0.317 e. The number of rotatable bonds is 5. The van der Waals surface area contributed by atoms with Gasteiger partial charge in [-0.2, -0.15) is 0 Å². The Morgan fingerprint density at radius 1 is 0.933 bits per heavy atom. The molecule has 15 heavy (non-hydrogen) atoms. The van der Waals surface area contributed by atoms with Gasteiger partial charge in [0.1, 0.15) is 0 Å². The van der Waals surface area contributed by atoms with E-state index in [1.54, 1.807) is 0 Å². The maximum absolute atomic E-state index is 3.43. The van der Waals surface area contributed by atoms with Gasteiger partial charge >= 0.3 is 0 Å². The van der Waals surface area contributed by atoms with Gasteiger partial charge in [0, 0.05) is 0 Å². The molecule has 1 saturated carbocycles. The molecule has 0 saturated heterocycles. The fourth-order valence-corrected chi connectivity index (χ4v) is 2.70. The molecule has 0 aliphatic heterocycles. The van der Waals surface area contributed by atoms with E-state index < -0.39 is 0 Å². The minimum atomic E-state index is 1.04. The van der Waals surface area contributed by atoms with Gasteiger partial charge in [0.05, 0.1) is 0 Å². The molecule has 0 heterocycles. The highest BCUT2D eigenvalue weighted by Gasteiger charge is 2.09. The van der Waals surface area contributed by atoms with E-state index in [0.29, 0.717) is 0 Å². The van der Waals surface area contributed by atoms with Gasteiger partial charge in [-0.25, -0.2) is 0 Å². The molecule has 0 radical (unpaired) electrons. The molecule has 1 aliphatic rings. The minimum Gasteiger partial charge on any atom is -0.317 e. The van der Waals surface area contributed by atoms with Crippen molar-refractivity contribution in [1.82, 2.24) is 5.32 Å². The molecule has 0 atom stereocenters. The Kier molecular flexibility index (Phi) is 7.99. The molecule has 0 aromatic heterocycles. The first-order valence-electron chi connectivity index (χ1n) is 7.14. The fraction of sp³-hybridized carbons (Fsp3) is 1.00. The number of hydrogen-bond donors (Lipinski definition) is 1. The third kappa shape index (κ3) is 6.94. The van der Waals surface area contributed by atoms with Crippen LogP contribution in [0.1, 0.15) is 71.1 Å². The minimum absolute atomic E-state index is 1.04. The van der Waals surface area contributed by atoms with Crippen LogP contribution in [0.4, 0.5) is 0 Å². The van der Waals surface area contributed by atoms with Crippen LogP contribution >= 0.6 is 0 Å². The SMILES string of the molecule is CCNCCCC1CCCCCCCC1. The summed E-state index contributed by atoms with van der Waals surface area (Å²) in [5, 5.41) is 3.43. The van der Waals surface area contributed by atoms with Crippen molar-refractivity contribution in [3.8, 4) is 0 Å². The summed E-state index contributed by atoms with van der Waals surface area (Å²) in [5.74, 6) is 1.04. The summed E-state index contributed by atoms with van der Waals surface area (Å²) in [4.78, 5) is 0. The summed E-state index contributed by atoms with van der Waals surface area (Å²) in [7, 11) is 0. The van der Waals surface area contributed by atoms with Gasteiger partial charge < -0.3 is 5.32 Å². The zero-order valence-corrected chi connectivity index (χ0v) is 10.6. The first kappa shape index (κ1) is 13.0. The predicted molar refractivity (Wildman–Crippen MR) is 68.2 cm³/mol. The van der Waals surface area contributed by atoms with E-state index in [2.05, 4.69) is 12.2 Å². The Balaban J connectivity index is 2.07.